The smallest absolute Gasteiger partial charge is 0.231 e. The Labute approximate surface area is 124 Å². The van der Waals surface area contributed by atoms with E-state index in [0.717, 1.165) is 30.0 Å². The predicted molar refractivity (Wildman–Crippen MR) is 80.7 cm³/mol. The van der Waals surface area contributed by atoms with E-state index in [1.807, 2.05) is 30.3 Å². The van der Waals surface area contributed by atoms with Crippen molar-refractivity contribution in [1.29, 1.82) is 0 Å². The average Bonchev–Trinajstić information content (AvgIpc) is 2.96. The Hall–Kier alpha value is -2.20. The lowest BCUT2D eigenvalue weighted by Gasteiger charge is -2.15. The van der Waals surface area contributed by atoms with Gasteiger partial charge >= 0.3 is 0 Å². The van der Waals surface area contributed by atoms with E-state index in [1.165, 1.54) is 5.56 Å². The van der Waals surface area contributed by atoms with E-state index in [2.05, 4.69) is 12.2 Å². The zero-order valence-corrected chi connectivity index (χ0v) is 12.0. The van der Waals surface area contributed by atoms with Crippen LogP contribution in [0.1, 0.15) is 18.1 Å². The van der Waals surface area contributed by atoms with Gasteiger partial charge in [-0.2, -0.15) is 0 Å². The van der Waals surface area contributed by atoms with Crippen LogP contribution in [0.3, 0.4) is 0 Å². The van der Waals surface area contributed by atoms with Crippen molar-refractivity contribution in [2.75, 3.05) is 6.79 Å². The highest BCUT2D eigenvalue weighted by atomic mass is 16.7. The van der Waals surface area contributed by atoms with Crippen LogP contribution in [0.15, 0.2) is 42.5 Å². The minimum Gasteiger partial charge on any atom is -0.508 e. The number of fused-ring (bicyclic) bond motifs is 1. The van der Waals surface area contributed by atoms with Crippen molar-refractivity contribution in [2.45, 2.75) is 25.9 Å². The third kappa shape index (κ3) is 3.28. The van der Waals surface area contributed by atoms with Crippen LogP contribution in [-0.2, 0) is 13.0 Å². The predicted octanol–water partition coefficient (Wildman–Crippen LogP) is 2.84. The normalized spacial score (nSPS) is 14.1. The largest absolute Gasteiger partial charge is 0.508 e. The van der Waals surface area contributed by atoms with Crippen LogP contribution in [-0.4, -0.2) is 17.9 Å². The van der Waals surface area contributed by atoms with Crippen molar-refractivity contribution in [3.05, 3.63) is 53.6 Å². The number of rotatable bonds is 5. The van der Waals surface area contributed by atoms with Crippen molar-refractivity contribution in [3.8, 4) is 17.2 Å². The summed E-state index contributed by atoms with van der Waals surface area (Å²) in [5.41, 5.74) is 2.31. The number of hydrogen-bond acceptors (Lipinski definition) is 4. The molecule has 0 aromatic heterocycles. The first-order valence-corrected chi connectivity index (χ1v) is 7.11. The van der Waals surface area contributed by atoms with Gasteiger partial charge in [0.1, 0.15) is 5.75 Å². The van der Waals surface area contributed by atoms with Crippen LogP contribution >= 0.6 is 0 Å². The zero-order chi connectivity index (χ0) is 14.7. The third-order valence-electron chi connectivity index (χ3n) is 3.60. The second-order valence-corrected chi connectivity index (χ2v) is 5.30. The minimum atomic E-state index is 0.301. The molecule has 0 aliphatic carbocycles. The summed E-state index contributed by atoms with van der Waals surface area (Å²) < 4.78 is 10.9. The summed E-state index contributed by atoms with van der Waals surface area (Å²) >= 11 is 0. The fraction of sp³-hybridized carbons (Fsp3) is 0.294. The fourth-order valence-electron chi connectivity index (χ4n) is 2.47. The number of phenolic OH excluding ortho intramolecular Hbond substituents is 1. The first-order chi connectivity index (χ1) is 10.2. The highest BCUT2D eigenvalue weighted by molar-refractivity contribution is 5.48. The summed E-state index contributed by atoms with van der Waals surface area (Å²) in [5, 5.41) is 12.8. The molecule has 2 N–H and O–H groups in total. The molecule has 1 aliphatic heterocycles. The Morgan fingerprint density at radius 3 is 2.76 bits per heavy atom. The van der Waals surface area contributed by atoms with Gasteiger partial charge in [-0.3, -0.25) is 0 Å². The fourth-order valence-corrected chi connectivity index (χ4v) is 2.47. The van der Waals surface area contributed by atoms with Crippen LogP contribution in [0.5, 0.6) is 17.2 Å². The third-order valence-corrected chi connectivity index (χ3v) is 3.60. The maximum Gasteiger partial charge on any atom is 0.231 e. The van der Waals surface area contributed by atoms with Crippen LogP contribution < -0.4 is 14.8 Å². The Morgan fingerprint density at radius 2 is 1.95 bits per heavy atom. The number of benzene rings is 2. The second-order valence-electron chi connectivity index (χ2n) is 5.30. The number of aromatic hydroxyl groups is 1. The molecule has 1 heterocycles. The van der Waals surface area contributed by atoms with Gasteiger partial charge in [-0.15, -0.1) is 0 Å². The molecule has 0 amide bonds. The van der Waals surface area contributed by atoms with Gasteiger partial charge in [0.25, 0.3) is 0 Å². The van der Waals surface area contributed by atoms with Gasteiger partial charge < -0.3 is 19.9 Å². The molecule has 4 heteroatoms. The number of para-hydroxylation sites is 1. The molecule has 0 radical (unpaired) electrons. The summed E-state index contributed by atoms with van der Waals surface area (Å²) in [7, 11) is 0. The summed E-state index contributed by atoms with van der Waals surface area (Å²) in [6.07, 6.45) is 0.909. The van der Waals surface area contributed by atoms with Crippen LogP contribution in [0.4, 0.5) is 0 Å². The highest BCUT2D eigenvalue weighted by Crippen LogP contribution is 2.35. The van der Waals surface area contributed by atoms with E-state index in [1.54, 1.807) is 12.1 Å². The standard InChI is InChI=1S/C17H19NO3/c1-12(9-13-5-7-15(19)8-6-13)18-10-14-3-2-4-16-17(14)21-11-20-16/h2-8,12,18-19H,9-11H2,1H3. The summed E-state index contributed by atoms with van der Waals surface area (Å²) in [6, 6.07) is 13.6. The molecule has 3 rings (SSSR count). The molecule has 4 nitrogen and oxygen atoms in total. The molecule has 0 bridgehead atoms. The molecule has 0 fully saturated rings. The van der Waals surface area contributed by atoms with Gasteiger partial charge in [0.15, 0.2) is 11.5 Å². The first kappa shape index (κ1) is 13.8. The maximum absolute atomic E-state index is 9.29. The molecular formula is C17H19NO3. The van der Waals surface area contributed by atoms with Crippen LogP contribution in [0, 0.1) is 0 Å². The lowest BCUT2D eigenvalue weighted by Crippen LogP contribution is -2.27. The molecule has 21 heavy (non-hydrogen) atoms. The second kappa shape index (κ2) is 6.06. The summed E-state index contributed by atoms with van der Waals surface area (Å²) in [6.45, 7) is 3.19. The van der Waals surface area contributed by atoms with Gasteiger partial charge in [0.2, 0.25) is 6.79 Å². The van der Waals surface area contributed by atoms with Gasteiger partial charge in [-0.05, 0) is 37.1 Å². The Morgan fingerprint density at radius 1 is 1.14 bits per heavy atom. The number of phenols is 1. The number of hydrogen-bond donors (Lipinski definition) is 2. The molecule has 110 valence electrons. The van der Waals surface area contributed by atoms with Crippen LogP contribution in [0.2, 0.25) is 0 Å². The molecule has 2 aromatic rings. The molecule has 0 spiro atoms. The topological polar surface area (TPSA) is 50.7 Å². The molecule has 0 saturated carbocycles. The summed E-state index contributed by atoms with van der Waals surface area (Å²) in [4.78, 5) is 0. The first-order valence-electron chi connectivity index (χ1n) is 7.11. The van der Waals surface area contributed by atoms with E-state index in [9.17, 15) is 5.11 Å². The molecule has 1 atom stereocenters. The Balaban J connectivity index is 1.58. The summed E-state index contributed by atoms with van der Waals surface area (Å²) in [5.74, 6) is 1.97. The van der Waals surface area contributed by atoms with E-state index in [4.69, 9.17) is 9.47 Å². The number of ether oxygens (including phenoxy) is 2. The number of nitrogens with one attached hydrogen (secondary N) is 1. The van der Waals surface area contributed by atoms with Crippen molar-refractivity contribution < 1.29 is 14.6 Å². The van der Waals surface area contributed by atoms with Crippen molar-refractivity contribution in [3.63, 3.8) is 0 Å². The van der Waals surface area contributed by atoms with E-state index in [0.29, 0.717) is 18.6 Å². The molecule has 1 unspecified atom stereocenters. The Bertz CT molecular complexity index is 610. The van der Waals surface area contributed by atoms with Gasteiger partial charge in [0, 0.05) is 18.2 Å². The van der Waals surface area contributed by atoms with E-state index in [-0.39, 0.29) is 0 Å². The van der Waals surface area contributed by atoms with Gasteiger partial charge in [0.05, 0.1) is 0 Å². The zero-order valence-electron chi connectivity index (χ0n) is 12.0. The lowest BCUT2D eigenvalue weighted by atomic mass is 10.1. The quantitative estimate of drug-likeness (QED) is 0.887. The molecule has 0 saturated heterocycles. The Kier molecular flexibility index (Phi) is 3.97. The average molecular weight is 285 g/mol. The lowest BCUT2D eigenvalue weighted by molar-refractivity contribution is 0.173. The van der Waals surface area contributed by atoms with Crippen molar-refractivity contribution in [1.82, 2.24) is 5.32 Å². The van der Waals surface area contributed by atoms with E-state index >= 15 is 0 Å². The highest BCUT2D eigenvalue weighted by Gasteiger charge is 2.17. The maximum atomic E-state index is 9.29. The van der Waals surface area contributed by atoms with Crippen molar-refractivity contribution in [2.24, 2.45) is 0 Å². The van der Waals surface area contributed by atoms with Gasteiger partial charge in [-0.1, -0.05) is 24.3 Å². The van der Waals surface area contributed by atoms with Crippen LogP contribution in [0.25, 0.3) is 0 Å². The molecular weight excluding hydrogens is 266 g/mol. The molecule has 2 aromatic carbocycles. The van der Waals surface area contributed by atoms with E-state index < -0.39 is 0 Å². The SMILES string of the molecule is CC(Cc1ccc(O)cc1)NCc1cccc2c1OCO2. The molecule has 1 aliphatic rings. The van der Waals surface area contributed by atoms with Crippen molar-refractivity contribution >= 4 is 0 Å². The monoisotopic (exact) mass is 285 g/mol. The minimum absolute atomic E-state index is 0.301. The van der Waals surface area contributed by atoms with Gasteiger partial charge in [-0.25, -0.2) is 0 Å².